The molecule has 1 aliphatic heterocycles. The number of benzene rings is 2. The van der Waals surface area contributed by atoms with Gasteiger partial charge in [-0.2, -0.15) is 0 Å². The van der Waals surface area contributed by atoms with Crippen LogP contribution < -0.4 is 15.0 Å². The van der Waals surface area contributed by atoms with E-state index in [2.05, 4.69) is 10.3 Å². The lowest BCUT2D eigenvalue weighted by Gasteiger charge is -2.29. The SMILES string of the molecule is Cc1nc(-c2ccc3c(c2)N(CC(=O)NCCc2ccccc2)C(=O)CO3)cs1. The van der Waals surface area contributed by atoms with Crippen molar-refractivity contribution in [2.24, 2.45) is 0 Å². The third-order valence-electron chi connectivity index (χ3n) is 4.70. The maximum absolute atomic E-state index is 12.5. The van der Waals surface area contributed by atoms with E-state index < -0.39 is 0 Å². The Balaban J connectivity index is 1.46. The van der Waals surface area contributed by atoms with Gasteiger partial charge in [0.25, 0.3) is 5.91 Å². The second-order valence-electron chi connectivity index (χ2n) is 6.79. The molecule has 0 saturated carbocycles. The van der Waals surface area contributed by atoms with Crippen LogP contribution in [0.5, 0.6) is 5.75 Å². The highest BCUT2D eigenvalue weighted by atomic mass is 32.1. The Morgan fingerprint density at radius 1 is 1.24 bits per heavy atom. The second kappa shape index (κ2) is 8.45. The summed E-state index contributed by atoms with van der Waals surface area (Å²) in [5.41, 5.74) is 3.49. The number of rotatable bonds is 6. The van der Waals surface area contributed by atoms with Crippen molar-refractivity contribution in [3.05, 3.63) is 64.5 Å². The normalized spacial score (nSPS) is 13.0. The largest absolute Gasteiger partial charge is 0.482 e. The molecule has 2 aromatic carbocycles. The van der Waals surface area contributed by atoms with Gasteiger partial charge in [0.15, 0.2) is 6.61 Å². The molecule has 0 spiro atoms. The van der Waals surface area contributed by atoms with E-state index in [1.54, 1.807) is 11.3 Å². The van der Waals surface area contributed by atoms with E-state index in [0.29, 0.717) is 18.0 Å². The Hall–Kier alpha value is -3.19. The van der Waals surface area contributed by atoms with E-state index in [-0.39, 0.29) is 25.0 Å². The number of aryl methyl sites for hydroxylation is 1. The molecule has 0 unspecified atom stereocenters. The number of fused-ring (bicyclic) bond motifs is 1. The van der Waals surface area contributed by atoms with Gasteiger partial charge in [-0.15, -0.1) is 11.3 Å². The van der Waals surface area contributed by atoms with E-state index in [9.17, 15) is 9.59 Å². The summed E-state index contributed by atoms with van der Waals surface area (Å²) in [5.74, 6) is 0.164. The molecular weight excluding hydrogens is 386 g/mol. The van der Waals surface area contributed by atoms with E-state index in [1.165, 1.54) is 4.90 Å². The van der Waals surface area contributed by atoms with Crippen LogP contribution in [-0.2, 0) is 16.0 Å². The number of carbonyl (C=O) groups excluding carboxylic acids is 2. The minimum absolute atomic E-state index is 0.0382. The highest BCUT2D eigenvalue weighted by molar-refractivity contribution is 7.09. The number of anilines is 1. The zero-order chi connectivity index (χ0) is 20.2. The highest BCUT2D eigenvalue weighted by Gasteiger charge is 2.28. The van der Waals surface area contributed by atoms with Crippen LogP contribution in [0, 0.1) is 6.92 Å². The van der Waals surface area contributed by atoms with Gasteiger partial charge in [-0.25, -0.2) is 4.98 Å². The first kappa shape index (κ1) is 19.1. The van der Waals surface area contributed by atoms with Gasteiger partial charge in [-0.05, 0) is 37.1 Å². The van der Waals surface area contributed by atoms with E-state index in [0.717, 1.165) is 28.2 Å². The molecule has 0 fully saturated rings. The van der Waals surface area contributed by atoms with Crippen molar-refractivity contribution in [1.29, 1.82) is 0 Å². The zero-order valence-corrected chi connectivity index (χ0v) is 16.9. The molecule has 2 amide bonds. The lowest BCUT2D eigenvalue weighted by Crippen LogP contribution is -2.45. The van der Waals surface area contributed by atoms with Crippen molar-refractivity contribution >= 4 is 28.8 Å². The summed E-state index contributed by atoms with van der Waals surface area (Å²) in [6.07, 6.45) is 0.744. The van der Waals surface area contributed by atoms with Crippen LogP contribution in [0.2, 0.25) is 0 Å². The maximum Gasteiger partial charge on any atom is 0.265 e. The summed E-state index contributed by atoms with van der Waals surface area (Å²) in [4.78, 5) is 30.9. The predicted octanol–water partition coefficient (Wildman–Crippen LogP) is 3.20. The molecule has 1 aromatic heterocycles. The molecule has 3 aromatic rings. The number of ether oxygens (including phenoxy) is 1. The molecule has 0 bridgehead atoms. The van der Waals surface area contributed by atoms with Gasteiger partial charge in [-0.3, -0.25) is 14.5 Å². The summed E-state index contributed by atoms with van der Waals surface area (Å²) >= 11 is 1.57. The second-order valence-corrected chi connectivity index (χ2v) is 7.85. The van der Waals surface area contributed by atoms with Crippen molar-refractivity contribution in [3.63, 3.8) is 0 Å². The van der Waals surface area contributed by atoms with Gasteiger partial charge in [0.2, 0.25) is 5.91 Å². The van der Waals surface area contributed by atoms with Crippen LogP contribution in [0.1, 0.15) is 10.6 Å². The standard InChI is InChI=1S/C22H21N3O3S/c1-15-24-18(14-29-15)17-7-8-20-19(11-17)25(22(27)13-28-20)12-21(26)23-10-9-16-5-3-2-4-6-16/h2-8,11,14H,9-10,12-13H2,1H3,(H,23,26). The van der Waals surface area contributed by atoms with Crippen molar-refractivity contribution < 1.29 is 14.3 Å². The number of hydrogen-bond donors (Lipinski definition) is 1. The Morgan fingerprint density at radius 2 is 2.07 bits per heavy atom. The van der Waals surface area contributed by atoms with Gasteiger partial charge >= 0.3 is 0 Å². The van der Waals surface area contributed by atoms with Crippen molar-refractivity contribution in [2.45, 2.75) is 13.3 Å². The van der Waals surface area contributed by atoms with Crippen molar-refractivity contribution in [1.82, 2.24) is 10.3 Å². The van der Waals surface area contributed by atoms with Crippen molar-refractivity contribution in [3.8, 4) is 17.0 Å². The third-order valence-corrected chi connectivity index (χ3v) is 5.47. The zero-order valence-electron chi connectivity index (χ0n) is 16.1. The van der Waals surface area contributed by atoms with Crippen molar-refractivity contribution in [2.75, 3.05) is 24.6 Å². The monoisotopic (exact) mass is 407 g/mol. The number of aromatic nitrogens is 1. The molecular formula is C22H21N3O3S. The Bertz CT molecular complexity index is 1030. The third kappa shape index (κ3) is 4.46. The van der Waals surface area contributed by atoms with E-state index in [4.69, 9.17) is 4.74 Å². The first-order chi connectivity index (χ1) is 14.1. The molecule has 1 aliphatic rings. The molecule has 0 atom stereocenters. The summed E-state index contributed by atoms with van der Waals surface area (Å²) in [6.45, 7) is 2.36. The number of nitrogens with zero attached hydrogens (tertiary/aromatic N) is 2. The van der Waals surface area contributed by atoms with Gasteiger partial charge < -0.3 is 10.1 Å². The number of carbonyl (C=O) groups is 2. The highest BCUT2D eigenvalue weighted by Crippen LogP contribution is 2.36. The van der Waals surface area contributed by atoms with Crippen LogP contribution in [0.15, 0.2) is 53.9 Å². The molecule has 2 heterocycles. The van der Waals surface area contributed by atoms with Crippen LogP contribution in [0.25, 0.3) is 11.3 Å². The quantitative estimate of drug-likeness (QED) is 0.681. The smallest absolute Gasteiger partial charge is 0.265 e. The molecule has 148 valence electrons. The molecule has 0 radical (unpaired) electrons. The number of amides is 2. The Morgan fingerprint density at radius 3 is 2.83 bits per heavy atom. The first-order valence-corrected chi connectivity index (χ1v) is 10.3. The number of hydrogen-bond acceptors (Lipinski definition) is 5. The van der Waals surface area contributed by atoms with Crippen LogP contribution in [0.4, 0.5) is 5.69 Å². The van der Waals surface area contributed by atoms with Gasteiger partial charge in [0, 0.05) is 17.5 Å². The number of thiazole rings is 1. The average Bonchev–Trinajstić information content (AvgIpc) is 3.17. The average molecular weight is 407 g/mol. The first-order valence-electron chi connectivity index (χ1n) is 9.40. The molecule has 6 nitrogen and oxygen atoms in total. The molecule has 4 rings (SSSR count). The Kier molecular flexibility index (Phi) is 5.57. The lowest BCUT2D eigenvalue weighted by molar-refractivity contribution is -0.125. The molecule has 29 heavy (non-hydrogen) atoms. The Labute approximate surface area is 173 Å². The van der Waals surface area contributed by atoms with E-state index in [1.807, 2.05) is 60.8 Å². The fourth-order valence-electron chi connectivity index (χ4n) is 3.22. The van der Waals surface area contributed by atoms with Gasteiger partial charge in [0.05, 0.1) is 16.4 Å². The summed E-state index contributed by atoms with van der Waals surface area (Å²) in [7, 11) is 0. The number of nitrogens with one attached hydrogen (secondary N) is 1. The van der Waals surface area contributed by atoms with Crippen LogP contribution >= 0.6 is 11.3 Å². The fraction of sp³-hybridized carbons (Fsp3) is 0.227. The topological polar surface area (TPSA) is 71.5 Å². The lowest BCUT2D eigenvalue weighted by atomic mass is 10.1. The maximum atomic E-state index is 12.5. The fourth-order valence-corrected chi connectivity index (χ4v) is 3.84. The summed E-state index contributed by atoms with van der Waals surface area (Å²) in [5, 5.41) is 5.84. The van der Waals surface area contributed by atoms with E-state index >= 15 is 0 Å². The summed E-state index contributed by atoms with van der Waals surface area (Å²) < 4.78 is 5.54. The summed E-state index contributed by atoms with van der Waals surface area (Å²) in [6, 6.07) is 15.6. The van der Waals surface area contributed by atoms with Gasteiger partial charge in [0.1, 0.15) is 12.3 Å². The predicted molar refractivity (Wildman–Crippen MR) is 113 cm³/mol. The van der Waals surface area contributed by atoms with Gasteiger partial charge in [-0.1, -0.05) is 30.3 Å². The van der Waals surface area contributed by atoms with Crippen LogP contribution in [-0.4, -0.2) is 36.5 Å². The van der Waals surface area contributed by atoms with Crippen LogP contribution in [0.3, 0.4) is 0 Å². The molecule has 1 N–H and O–H groups in total. The molecule has 0 saturated heterocycles. The molecule has 7 heteroatoms. The minimum atomic E-state index is -0.234. The molecule has 0 aliphatic carbocycles. The minimum Gasteiger partial charge on any atom is -0.482 e.